The summed E-state index contributed by atoms with van der Waals surface area (Å²) in [5, 5.41) is 8.35. The van der Waals surface area contributed by atoms with Crippen LogP contribution in [0.25, 0.3) is 10.9 Å². The number of nitrogens with one attached hydrogen (secondary N) is 2. The minimum Gasteiger partial charge on any atom is -0.383 e. The van der Waals surface area contributed by atoms with Gasteiger partial charge in [0.15, 0.2) is 0 Å². The van der Waals surface area contributed by atoms with Gasteiger partial charge in [0.25, 0.3) is 0 Å². The molecule has 6 heteroatoms. The summed E-state index contributed by atoms with van der Waals surface area (Å²) in [4.78, 5) is 9.14. The van der Waals surface area contributed by atoms with E-state index in [1.165, 1.54) is 0 Å². The minimum atomic E-state index is 0.469. The van der Waals surface area contributed by atoms with E-state index >= 15 is 0 Å². The Morgan fingerprint density at radius 3 is 2.90 bits per heavy atom. The lowest BCUT2D eigenvalue weighted by atomic mass is 10.0. The topological polar surface area (TPSA) is 84.6 Å². The van der Waals surface area contributed by atoms with Crippen molar-refractivity contribution in [3.8, 4) is 0 Å². The second-order valence-electron chi connectivity index (χ2n) is 7.45. The number of allylic oxidation sites excluding steroid dienone is 1. The number of hydrogen-bond donors (Lipinski definition) is 3. The van der Waals surface area contributed by atoms with E-state index in [1.54, 1.807) is 6.20 Å². The van der Waals surface area contributed by atoms with E-state index in [4.69, 9.17) is 15.5 Å². The van der Waals surface area contributed by atoms with Gasteiger partial charge in [0.05, 0.1) is 11.1 Å². The summed E-state index contributed by atoms with van der Waals surface area (Å²) >= 11 is 0. The van der Waals surface area contributed by atoms with Gasteiger partial charge in [-0.1, -0.05) is 31.2 Å². The molecule has 2 aromatic rings. The maximum atomic E-state index is 6.25. The molecule has 0 bridgehead atoms. The monoisotopic (exact) mass is 395 g/mol. The number of benzene rings is 1. The third kappa shape index (κ3) is 6.02. The third-order valence-corrected chi connectivity index (χ3v) is 5.33. The number of nitrogens with two attached hydrogens (primary N) is 1. The Morgan fingerprint density at radius 2 is 2.14 bits per heavy atom. The number of rotatable bonds is 9. The number of aromatic nitrogens is 1. The van der Waals surface area contributed by atoms with Crippen molar-refractivity contribution in [2.75, 3.05) is 25.1 Å². The van der Waals surface area contributed by atoms with Crippen LogP contribution in [0.5, 0.6) is 0 Å². The van der Waals surface area contributed by atoms with Crippen molar-refractivity contribution in [2.45, 2.75) is 51.6 Å². The fourth-order valence-corrected chi connectivity index (χ4v) is 3.64. The molecule has 1 aromatic heterocycles. The van der Waals surface area contributed by atoms with E-state index in [1.807, 2.05) is 37.3 Å². The Kier molecular flexibility index (Phi) is 8.02. The number of pyridine rings is 1. The number of anilines is 1. The molecule has 0 spiro atoms. The van der Waals surface area contributed by atoms with Crippen molar-refractivity contribution in [3.63, 3.8) is 0 Å². The Balaban J connectivity index is 1.70. The van der Waals surface area contributed by atoms with E-state index in [9.17, 15) is 0 Å². The second kappa shape index (κ2) is 10.9. The van der Waals surface area contributed by atoms with Gasteiger partial charge >= 0.3 is 0 Å². The van der Waals surface area contributed by atoms with E-state index in [-0.39, 0.29) is 0 Å². The predicted octanol–water partition coefficient (Wildman–Crippen LogP) is 3.82. The van der Waals surface area contributed by atoms with Gasteiger partial charge in [-0.25, -0.2) is 9.98 Å². The van der Waals surface area contributed by atoms with Crippen molar-refractivity contribution in [1.29, 1.82) is 0 Å². The molecule has 1 aliphatic rings. The van der Waals surface area contributed by atoms with Gasteiger partial charge in [0, 0.05) is 43.4 Å². The Labute approximate surface area is 173 Å². The smallest absolute Gasteiger partial charge is 0.137 e. The summed E-state index contributed by atoms with van der Waals surface area (Å²) in [7, 11) is 0. The highest BCUT2D eigenvalue weighted by Gasteiger charge is 2.17. The highest BCUT2D eigenvalue weighted by Crippen LogP contribution is 2.21. The highest BCUT2D eigenvalue weighted by molar-refractivity contribution is 6.04. The molecule has 2 heterocycles. The van der Waals surface area contributed by atoms with Crippen LogP contribution in [-0.2, 0) is 4.74 Å². The molecule has 3 rings (SSSR count). The van der Waals surface area contributed by atoms with Crippen LogP contribution < -0.4 is 16.4 Å². The molecule has 0 aliphatic carbocycles. The molecule has 1 aliphatic heterocycles. The number of hydrogen-bond acceptors (Lipinski definition) is 5. The Morgan fingerprint density at radius 1 is 1.34 bits per heavy atom. The van der Waals surface area contributed by atoms with Crippen molar-refractivity contribution < 1.29 is 4.74 Å². The van der Waals surface area contributed by atoms with Crippen LogP contribution in [0.2, 0.25) is 0 Å². The van der Waals surface area contributed by atoms with Gasteiger partial charge in [-0.3, -0.25) is 0 Å². The van der Waals surface area contributed by atoms with Crippen LogP contribution in [0.15, 0.2) is 47.6 Å². The molecule has 29 heavy (non-hydrogen) atoms. The lowest BCUT2D eigenvalue weighted by Gasteiger charge is -2.28. The standard InChI is InChI=1S/C23H33N5O/c1-3-12-25-22(24)20-16-17-7-5-6-8-21(17)28-23(20)26-13-9-18(4-2)27-19-10-14-29-15-11-19/h3,5-8,12,16,18-19,27H,4,9-11,13-15H2,1-2H3,(H2,24,25)(H,26,28). The summed E-state index contributed by atoms with van der Waals surface area (Å²) in [6, 6.07) is 11.2. The molecule has 156 valence electrons. The highest BCUT2D eigenvalue weighted by atomic mass is 16.5. The zero-order chi connectivity index (χ0) is 20.5. The lowest BCUT2D eigenvalue weighted by Crippen LogP contribution is -2.42. The Hall–Kier alpha value is -2.44. The molecule has 1 saturated heterocycles. The number of nitrogens with zero attached hydrogens (tertiary/aromatic N) is 2. The van der Waals surface area contributed by atoms with Gasteiger partial charge in [-0.05, 0) is 44.7 Å². The predicted molar refractivity (Wildman–Crippen MR) is 121 cm³/mol. The molecule has 1 aromatic carbocycles. The van der Waals surface area contributed by atoms with Gasteiger partial charge in [-0.2, -0.15) is 0 Å². The SMILES string of the molecule is CC=CN=C(N)c1cc2ccccc2nc1NCCC(CC)NC1CCOCC1. The lowest BCUT2D eigenvalue weighted by molar-refractivity contribution is 0.0745. The van der Waals surface area contributed by atoms with Crippen molar-refractivity contribution in [2.24, 2.45) is 10.7 Å². The van der Waals surface area contributed by atoms with Gasteiger partial charge < -0.3 is 21.1 Å². The molecule has 4 N–H and O–H groups in total. The van der Waals surface area contributed by atoms with Crippen molar-refractivity contribution >= 4 is 22.6 Å². The summed E-state index contributed by atoms with van der Waals surface area (Å²) in [6.45, 7) is 6.70. The van der Waals surface area contributed by atoms with E-state index in [0.29, 0.717) is 17.9 Å². The molecule has 1 fully saturated rings. The number of aliphatic imine (C=N–C) groups is 1. The number of ether oxygens (including phenoxy) is 1. The summed E-state index contributed by atoms with van der Waals surface area (Å²) < 4.78 is 5.46. The molecule has 0 amide bonds. The van der Waals surface area contributed by atoms with Crippen LogP contribution in [0.4, 0.5) is 5.82 Å². The summed E-state index contributed by atoms with van der Waals surface area (Å²) in [5.74, 6) is 1.26. The van der Waals surface area contributed by atoms with Crippen molar-refractivity contribution in [1.82, 2.24) is 10.3 Å². The van der Waals surface area contributed by atoms with E-state index < -0.39 is 0 Å². The third-order valence-electron chi connectivity index (χ3n) is 5.33. The first-order chi connectivity index (χ1) is 14.2. The van der Waals surface area contributed by atoms with Crippen LogP contribution in [0.3, 0.4) is 0 Å². The van der Waals surface area contributed by atoms with E-state index in [2.05, 4.69) is 28.6 Å². The maximum Gasteiger partial charge on any atom is 0.137 e. The van der Waals surface area contributed by atoms with Crippen LogP contribution in [0.1, 0.15) is 45.1 Å². The van der Waals surface area contributed by atoms with E-state index in [0.717, 1.165) is 67.7 Å². The first-order valence-corrected chi connectivity index (χ1v) is 10.6. The first kappa shape index (κ1) is 21.3. The zero-order valence-electron chi connectivity index (χ0n) is 17.5. The molecule has 0 radical (unpaired) electrons. The zero-order valence-corrected chi connectivity index (χ0v) is 17.5. The average Bonchev–Trinajstić information content (AvgIpc) is 2.77. The normalized spacial score (nSPS) is 17.1. The number of fused-ring (bicyclic) bond motifs is 1. The Bertz CT molecular complexity index is 842. The second-order valence-corrected chi connectivity index (χ2v) is 7.45. The quantitative estimate of drug-likeness (QED) is 0.444. The van der Waals surface area contributed by atoms with Gasteiger partial charge in [-0.15, -0.1) is 0 Å². The maximum absolute atomic E-state index is 6.25. The molecule has 1 unspecified atom stereocenters. The first-order valence-electron chi connectivity index (χ1n) is 10.6. The van der Waals surface area contributed by atoms with Crippen molar-refractivity contribution in [3.05, 3.63) is 48.2 Å². The molecule has 6 nitrogen and oxygen atoms in total. The molecular formula is C23H33N5O. The largest absolute Gasteiger partial charge is 0.383 e. The molecular weight excluding hydrogens is 362 g/mol. The minimum absolute atomic E-state index is 0.469. The fraction of sp³-hybridized carbons (Fsp3) is 0.478. The van der Waals surface area contributed by atoms with Gasteiger partial charge in [0.2, 0.25) is 0 Å². The van der Waals surface area contributed by atoms with Crippen LogP contribution in [-0.4, -0.2) is 42.7 Å². The summed E-state index contributed by atoms with van der Waals surface area (Å²) in [5.41, 5.74) is 8.04. The van der Waals surface area contributed by atoms with Crippen LogP contribution >= 0.6 is 0 Å². The molecule has 0 saturated carbocycles. The molecule has 1 atom stereocenters. The van der Waals surface area contributed by atoms with Crippen LogP contribution in [0, 0.1) is 0 Å². The average molecular weight is 396 g/mol. The summed E-state index contributed by atoms with van der Waals surface area (Å²) in [6.07, 6.45) is 7.88. The number of para-hydroxylation sites is 1. The fourth-order valence-electron chi connectivity index (χ4n) is 3.64. The van der Waals surface area contributed by atoms with Gasteiger partial charge in [0.1, 0.15) is 11.7 Å². The number of amidine groups is 1.